The highest BCUT2D eigenvalue weighted by atomic mass is 19.4. The van der Waals surface area contributed by atoms with E-state index in [0.29, 0.717) is 23.5 Å². The van der Waals surface area contributed by atoms with Crippen LogP contribution < -0.4 is 20.7 Å². The lowest BCUT2D eigenvalue weighted by atomic mass is 9.96. The molecular formula is C32H42F3N5O5. The van der Waals surface area contributed by atoms with Crippen LogP contribution >= 0.6 is 0 Å². The summed E-state index contributed by atoms with van der Waals surface area (Å²) < 4.78 is 45.1. The van der Waals surface area contributed by atoms with Crippen molar-refractivity contribution in [3.05, 3.63) is 53.6 Å². The van der Waals surface area contributed by atoms with Gasteiger partial charge in [-0.1, -0.05) is 26.2 Å². The van der Waals surface area contributed by atoms with Gasteiger partial charge in [0.2, 0.25) is 5.91 Å². The molecule has 0 saturated heterocycles. The summed E-state index contributed by atoms with van der Waals surface area (Å²) in [7, 11) is 1.71. The zero-order valence-electron chi connectivity index (χ0n) is 25.8. The van der Waals surface area contributed by atoms with Crippen molar-refractivity contribution in [2.24, 2.45) is 5.92 Å². The first-order chi connectivity index (χ1) is 21.3. The van der Waals surface area contributed by atoms with Crippen molar-refractivity contribution in [1.29, 1.82) is 0 Å². The number of carbonyl (C=O) groups is 3. The minimum Gasteiger partial charge on any atom is -0.488 e. The number of alkyl halides is 3. The number of nitrogens with zero attached hydrogens (tertiary/aromatic N) is 2. The number of amides is 5. The Morgan fingerprint density at radius 1 is 1.07 bits per heavy atom. The third kappa shape index (κ3) is 9.25. The Morgan fingerprint density at radius 3 is 2.36 bits per heavy atom. The van der Waals surface area contributed by atoms with Crippen LogP contribution in [0, 0.1) is 5.92 Å². The average molecular weight is 634 g/mol. The number of carbonyl (C=O) groups excluding carboxylic acids is 3. The third-order valence-electron chi connectivity index (χ3n) is 8.38. The molecule has 10 nitrogen and oxygen atoms in total. The lowest BCUT2D eigenvalue weighted by Crippen LogP contribution is -2.50. The van der Waals surface area contributed by atoms with E-state index in [2.05, 4.69) is 16.0 Å². The van der Waals surface area contributed by atoms with Gasteiger partial charge in [-0.05, 0) is 62.2 Å². The molecule has 0 aromatic heterocycles. The zero-order chi connectivity index (χ0) is 32.7. The second-order valence-corrected chi connectivity index (χ2v) is 12.0. The quantitative estimate of drug-likeness (QED) is 0.322. The summed E-state index contributed by atoms with van der Waals surface area (Å²) in [6.45, 7) is 4.02. The van der Waals surface area contributed by atoms with Gasteiger partial charge in [-0.2, -0.15) is 13.2 Å². The van der Waals surface area contributed by atoms with Crippen molar-refractivity contribution < 1.29 is 37.4 Å². The molecule has 1 fully saturated rings. The summed E-state index contributed by atoms with van der Waals surface area (Å²) in [6, 6.07) is 7.74. The van der Waals surface area contributed by atoms with Crippen molar-refractivity contribution >= 4 is 29.3 Å². The molecule has 1 aliphatic heterocycles. The van der Waals surface area contributed by atoms with Crippen molar-refractivity contribution in [3.63, 3.8) is 0 Å². The van der Waals surface area contributed by atoms with Gasteiger partial charge in [0.15, 0.2) is 0 Å². The molecule has 0 bridgehead atoms. The lowest BCUT2D eigenvalue weighted by molar-refractivity contribution is -0.137. The summed E-state index contributed by atoms with van der Waals surface area (Å²) >= 11 is 0. The van der Waals surface area contributed by atoms with Gasteiger partial charge in [-0.15, -0.1) is 0 Å². The molecule has 4 N–H and O–H groups in total. The summed E-state index contributed by atoms with van der Waals surface area (Å²) in [6.07, 6.45) is 0.231. The van der Waals surface area contributed by atoms with Crippen LogP contribution in [0.3, 0.4) is 0 Å². The molecule has 45 heavy (non-hydrogen) atoms. The van der Waals surface area contributed by atoms with Crippen molar-refractivity contribution in [1.82, 2.24) is 15.1 Å². The van der Waals surface area contributed by atoms with Gasteiger partial charge in [-0.3, -0.25) is 4.79 Å². The topological polar surface area (TPSA) is 123 Å². The van der Waals surface area contributed by atoms with E-state index in [0.717, 1.165) is 49.9 Å². The van der Waals surface area contributed by atoms with Crippen LogP contribution in [0.4, 0.5) is 34.1 Å². The number of likely N-dealkylation sites (N-methyl/N-ethyl adjacent to an activating group) is 1. The standard InChI is InChI=1S/C32H42F3N5O5/c1-20-17-40(21(2)19-41)29(42)16-22-15-26(37-30(43)36-25-11-9-23(10-12-25)32(33,34)35)13-14-27(22)45-28(20)18-39(3)31(44)38-24-7-5-4-6-8-24/h9-15,20-21,24,28,41H,4-8,16-19H2,1-3H3,(H,38,44)(H2,36,37,43)/t20-,21+,28+/m0/s1. The fourth-order valence-electron chi connectivity index (χ4n) is 5.65. The zero-order valence-corrected chi connectivity index (χ0v) is 25.8. The molecule has 13 heteroatoms. The molecule has 1 heterocycles. The van der Waals surface area contributed by atoms with Crippen molar-refractivity contribution in [2.75, 3.05) is 37.4 Å². The summed E-state index contributed by atoms with van der Waals surface area (Å²) in [5.41, 5.74) is 0.174. The van der Waals surface area contributed by atoms with Gasteiger partial charge in [0.25, 0.3) is 0 Å². The van der Waals surface area contributed by atoms with Gasteiger partial charge in [0.1, 0.15) is 11.9 Å². The lowest BCUT2D eigenvalue weighted by Gasteiger charge is -2.34. The number of aliphatic hydroxyl groups is 1. The number of hydrogen-bond acceptors (Lipinski definition) is 5. The SMILES string of the molecule is C[C@H](CO)N1C[C@H](C)[C@@H](CN(C)C(=O)NC2CCCCC2)Oc2ccc(NC(=O)Nc3ccc(C(F)(F)F)cc3)cc2CC1=O. The van der Waals surface area contributed by atoms with Crippen molar-refractivity contribution in [2.45, 2.75) is 76.7 Å². The number of nitrogens with one attached hydrogen (secondary N) is 3. The molecule has 246 valence electrons. The normalized spacial score (nSPS) is 20.1. The molecule has 0 unspecified atom stereocenters. The Hall–Kier alpha value is -4.00. The number of benzene rings is 2. The molecular weight excluding hydrogens is 591 g/mol. The molecule has 0 spiro atoms. The first kappa shape index (κ1) is 33.9. The number of fused-ring (bicyclic) bond motifs is 1. The van der Waals surface area contributed by atoms with E-state index in [9.17, 15) is 32.7 Å². The maximum atomic E-state index is 13.5. The molecule has 1 aliphatic carbocycles. The Balaban J connectivity index is 1.51. The molecule has 1 saturated carbocycles. The number of aliphatic hydroxyl groups excluding tert-OH is 1. The molecule has 0 radical (unpaired) electrons. The predicted molar refractivity (Wildman–Crippen MR) is 164 cm³/mol. The van der Waals surface area contributed by atoms with Crippen LogP contribution in [0.15, 0.2) is 42.5 Å². The number of ether oxygens (including phenoxy) is 1. The van der Waals surface area contributed by atoms with E-state index in [1.54, 1.807) is 42.0 Å². The van der Waals surface area contributed by atoms with Crippen LogP contribution in [-0.4, -0.2) is 77.8 Å². The smallest absolute Gasteiger partial charge is 0.416 e. The Morgan fingerprint density at radius 2 is 1.71 bits per heavy atom. The highest BCUT2D eigenvalue weighted by Gasteiger charge is 2.33. The fraction of sp³-hybridized carbons (Fsp3) is 0.531. The largest absolute Gasteiger partial charge is 0.488 e. The van der Waals surface area contributed by atoms with Gasteiger partial charge in [-0.25, -0.2) is 9.59 Å². The third-order valence-corrected chi connectivity index (χ3v) is 8.38. The number of urea groups is 2. The second-order valence-electron chi connectivity index (χ2n) is 12.0. The molecule has 2 aromatic carbocycles. The van der Waals surface area contributed by atoms with Crippen LogP contribution in [0.2, 0.25) is 0 Å². The van der Waals surface area contributed by atoms with Crippen LogP contribution in [0.5, 0.6) is 5.75 Å². The van der Waals surface area contributed by atoms with Crippen LogP contribution in [0.25, 0.3) is 0 Å². The van der Waals surface area contributed by atoms with E-state index < -0.39 is 29.9 Å². The first-order valence-electron chi connectivity index (χ1n) is 15.3. The Kier molecular flexibility index (Phi) is 11.2. The Bertz CT molecular complexity index is 1330. The number of halogens is 3. The summed E-state index contributed by atoms with van der Waals surface area (Å²) in [4.78, 5) is 42.4. The predicted octanol–water partition coefficient (Wildman–Crippen LogP) is 5.47. The molecule has 5 amide bonds. The number of rotatable bonds is 7. The Labute approximate surface area is 261 Å². The summed E-state index contributed by atoms with van der Waals surface area (Å²) in [5, 5.41) is 18.1. The van der Waals surface area contributed by atoms with Gasteiger partial charge in [0, 0.05) is 42.5 Å². The maximum absolute atomic E-state index is 13.5. The second kappa shape index (κ2) is 14.9. The van der Waals surface area contributed by atoms with E-state index in [1.807, 2.05) is 6.92 Å². The van der Waals surface area contributed by atoms with E-state index >= 15 is 0 Å². The number of hydrogen-bond donors (Lipinski definition) is 4. The molecule has 4 rings (SSSR count). The van der Waals surface area contributed by atoms with Crippen LogP contribution in [0.1, 0.15) is 57.1 Å². The van der Waals surface area contributed by atoms with Gasteiger partial charge >= 0.3 is 18.2 Å². The fourth-order valence-corrected chi connectivity index (χ4v) is 5.65. The maximum Gasteiger partial charge on any atom is 0.416 e. The highest BCUT2D eigenvalue weighted by Crippen LogP contribution is 2.31. The van der Waals surface area contributed by atoms with Gasteiger partial charge < -0.3 is 35.6 Å². The monoisotopic (exact) mass is 633 g/mol. The van der Waals surface area contributed by atoms with Crippen molar-refractivity contribution in [3.8, 4) is 5.75 Å². The molecule has 3 atom stereocenters. The average Bonchev–Trinajstić information content (AvgIpc) is 3.04. The minimum atomic E-state index is -4.49. The first-order valence-corrected chi connectivity index (χ1v) is 15.3. The highest BCUT2D eigenvalue weighted by molar-refractivity contribution is 6.00. The van der Waals surface area contributed by atoms with E-state index in [4.69, 9.17) is 4.74 Å². The summed E-state index contributed by atoms with van der Waals surface area (Å²) in [5.74, 6) is -0.0108. The van der Waals surface area contributed by atoms with Gasteiger partial charge in [0.05, 0.1) is 31.2 Å². The minimum absolute atomic E-state index is 0.0623. The molecule has 2 aromatic rings. The number of anilines is 2. The van der Waals surface area contributed by atoms with E-state index in [1.165, 1.54) is 6.42 Å². The van der Waals surface area contributed by atoms with Crippen LogP contribution in [-0.2, 0) is 17.4 Å². The van der Waals surface area contributed by atoms with E-state index in [-0.39, 0.29) is 49.2 Å². The molecule has 2 aliphatic rings.